The van der Waals surface area contributed by atoms with Crippen molar-refractivity contribution in [1.82, 2.24) is 9.91 Å². The van der Waals surface area contributed by atoms with Gasteiger partial charge in [0.2, 0.25) is 0 Å². The van der Waals surface area contributed by atoms with Crippen molar-refractivity contribution in [3.8, 4) is 11.5 Å². The predicted molar refractivity (Wildman–Crippen MR) is 95.7 cm³/mol. The molecule has 0 spiro atoms. The van der Waals surface area contributed by atoms with Gasteiger partial charge in [0.15, 0.2) is 0 Å². The van der Waals surface area contributed by atoms with Crippen LogP contribution in [0.3, 0.4) is 0 Å². The fourth-order valence-electron chi connectivity index (χ4n) is 2.04. The summed E-state index contributed by atoms with van der Waals surface area (Å²) in [6.07, 6.45) is 1.38. The van der Waals surface area contributed by atoms with E-state index in [1.54, 1.807) is 24.3 Å². The Kier molecular flexibility index (Phi) is 5.21. The van der Waals surface area contributed by atoms with Crippen LogP contribution < -0.4 is 14.6 Å². The van der Waals surface area contributed by atoms with Crippen molar-refractivity contribution in [2.45, 2.75) is 0 Å². The van der Waals surface area contributed by atoms with Crippen LogP contribution in [0.15, 0.2) is 47.6 Å². The zero-order valence-electron chi connectivity index (χ0n) is 14.3. The third-order valence-corrected chi connectivity index (χ3v) is 3.51. The maximum absolute atomic E-state index is 12.1. The quantitative estimate of drug-likeness (QED) is 0.503. The van der Waals surface area contributed by atoms with Gasteiger partial charge in [0.1, 0.15) is 17.2 Å². The number of rotatable bonds is 5. The smallest absolute Gasteiger partial charge is 0.271 e. The van der Waals surface area contributed by atoms with Crippen molar-refractivity contribution in [2.24, 2.45) is 5.10 Å². The van der Waals surface area contributed by atoms with Gasteiger partial charge >= 0.3 is 0 Å². The van der Waals surface area contributed by atoms with Crippen LogP contribution in [0.1, 0.15) is 15.9 Å². The van der Waals surface area contributed by atoms with Crippen molar-refractivity contribution in [3.05, 3.63) is 53.6 Å². The van der Waals surface area contributed by atoms with E-state index in [-0.39, 0.29) is 11.7 Å². The third kappa shape index (κ3) is 4.33. The number of benzene rings is 2. The molecular weight excluding hydrogens is 306 g/mol. The largest absolute Gasteiger partial charge is 0.507 e. The van der Waals surface area contributed by atoms with Crippen LogP contribution in [-0.4, -0.2) is 45.5 Å². The number of phenols is 1. The molecule has 2 aromatic carbocycles. The molecule has 126 valence electrons. The maximum atomic E-state index is 12.1. The zero-order chi connectivity index (χ0) is 17.7. The monoisotopic (exact) mass is 328 g/mol. The van der Waals surface area contributed by atoms with Gasteiger partial charge < -0.3 is 9.84 Å². The molecular formula is C18H22N3O3+. The summed E-state index contributed by atoms with van der Waals surface area (Å²) in [5, 5.41) is 13.7. The van der Waals surface area contributed by atoms with Gasteiger partial charge in [-0.25, -0.2) is 5.43 Å². The molecule has 1 amide bonds. The number of aromatic hydroxyl groups is 1. The summed E-state index contributed by atoms with van der Waals surface area (Å²) in [4.78, 5) is 12.1. The fraction of sp³-hybridized carbons (Fsp3) is 0.222. The van der Waals surface area contributed by atoms with E-state index in [1.807, 2.05) is 12.1 Å². The molecule has 2 rings (SSSR count). The summed E-state index contributed by atoms with van der Waals surface area (Å²) in [7, 11) is 7.69. The lowest BCUT2D eigenvalue weighted by molar-refractivity contribution is 0.0955. The third-order valence-electron chi connectivity index (χ3n) is 3.51. The van der Waals surface area contributed by atoms with E-state index in [0.29, 0.717) is 21.4 Å². The highest BCUT2D eigenvalue weighted by Gasteiger charge is 2.13. The minimum Gasteiger partial charge on any atom is -0.507 e. The molecule has 0 atom stereocenters. The first-order valence-electron chi connectivity index (χ1n) is 7.44. The predicted octanol–water partition coefficient (Wildman–Crippen LogP) is 2.36. The van der Waals surface area contributed by atoms with E-state index in [4.69, 9.17) is 4.74 Å². The number of hydrogen-bond acceptors (Lipinski definition) is 4. The van der Waals surface area contributed by atoms with Crippen LogP contribution in [0.4, 0.5) is 5.69 Å². The molecule has 0 saturated heterocycles. The number of ether oxygens (including phenoxy) is 1. The molecule has 2 aromatic rings. The topological polar surface area (TPSA) is 70.9 Å². The second-order valence-electron chi connectivity index (χ2n) is 6.18. The second-order valence-corrected chi connectivity index (χ2v) is 6.18. The highest BCUT2D eigenvalue weighted by molar-refractivity contribution is 5.95. The highest BCUT2D eigenvalue weighted by Crippen LogP contribution is 2.21. The van der Waals surface area contributed by atoms with Gasteiger partial charge in [-0.05, 0) is 36.4 Å². The Labute approximate surface area is 141 Å². The Morgan fingerprint density at radius 2 is 1.83 bits per heavy atom. The zero-order valence-corrected chi connectivity index (χ0v) is 14.3. The summed E-state index contributed by atoms with van der Waals surface area (Å²) in [6.45, 7) is 0. The lowest BCUT2D eigenvalue weighted by atomic mass is 10.2. The molecule has 0 radical (unpaired) electrons. The molecule has 0 bridgehead atoms. The first-order valence-corrected chi connectivity index (χ1v) is 7.44. The van der Waals surface area contributed by atoms with Crippen molar-refractivity contribution >= 4 is 17.8 Å². The van der Waals surface area contributed by atoms with E-state index in [0.717, 1.165) is 5.69 Å². The average molecular weight is 328 g/mol. The van der Waals surface area contributed by atoms with Crippen LogP contribution in [0.5, 0.6) is 11.5 Å². The minimum absolute atomic E-state index is 0.0275. The summed E-state index contributed by atoms with van der Waals surface area (Å²) >= 11 is 0. The molecule has 0 aliphatic heterocycles. The molecule has 0 heterocycles. The van der Waals surface area contributed by atoms with Gasteiger partial charge in [-0.1, -0.05) is 0 Å². The SMILES string of the molecule is COc1ccc(C=NNC(=O)c2ccc([N+](C)(C)C)cc2)c(O)c1. The molecule has 0 unspecified atom stereocenters. The molecule has 2 N–H and O–H groups in total. The molecule has 24 heavy (non-hydrogen) atoms. The number of quaternary nitrogens is 1. The van der Waals surface area contributed by atoms with E-state index in [1.165, 1.54) is 19.4 Å². The number of methoxy groups -OCH3 is 1. The van der Waals surface area contributed by atoms with Crippen LogP contribution >= 0.6 is 0 Å². The van der Waals surface area contributed by atoms with Crippen molar-refractivity contribution in [2.75, 3.05) is 28.3 Å². The Hall–Kier alpha value is -2.86. The van der Waals surface area contributed by atoms with Crippen LogP contribution in [0, 0.1) is 0 Å². The number of nitrogens with zero attached hydrogens (tertiary/aromatic N) is 2. The fourth-order valence-corrected chi connectivity index (χ4v) is 2.04. The van der Waals surface area contributed by atoms with Gasteiger partial charge in [-0.2, -0.15) is 5.10 Å². The van der Waals surface area contributed by atoms with E-state index >= 15 is 0 Å². The number of hydrogen-bond donors (Lipinski definition) is 2. The second kappa shape index (κ2) is 7.14. The van der Waals surface area contributed by atoms with Crippen LogP contribution in [0.25, 0.3) is 0 Å². The lowest BCUT2D eigenvalue weighted by Crippen LogP contribution is -2.34. The number of hydrazone groups is 1. The van der Waals surface area contributed by atoms with Gasteiger partial charge in [-0.3, -0.25) is 9.28 Å². The first kappa shape index (κ1) is 17.5. The normalized spacial score (nSPS) is 11.5. The Balaban J connectivity index is 2.02. The van der Waals surface area contributed by atoms with Crippen LogP contribution in [0.2, 0.25) is 0 Å². The van der Waals surface area contributed by atoms with E-state index in [9.17, 15) is 9.90 Å². The Morgan fingerprint density at radius 1 is 1.17 bits per heavy atom. The summed E-state index contributed by atoms with van der Waals surface area (Å²) in [6, 6.07) is 12.2. The highest BCUT2D eigenvalue weighted by atomic mass is 16.5. The summed E-state index contributed by atoms with van der Waals surface area (Å²) < 4.78 is 5.69. The number of phenolic OH excluding ortho intramolecular Hbond substituents is 1. The number of nitrogens with one attached hydrogen (secondary N) is 1. The lowest BCUT2D eigenvalue weighted by Gasteiger charge is -2.23. The van der Waals surface area contributed by atoms with Crippen LogP contribution in [-0.2, 0) is 0 Å². The van der Waals surface area contributed by atoms with Gasteiger partial charge in [0.05, 0.1) is 34.5 Å². The standard InChI is InChI=1S/C18H21N3O3/c1-21(2,3)15-8-5-13(6-9-15)18(23)20-19-12-14-7-10-16(24-4)11-17(14)22/h5-12H,1-4H3,(H-,19,20,22,23)/p+1. The van der Waals surface area contributed by atoms with E-state index < -0.39 is 0 Å². The van der Waals surface area contributed by atoms with Crippen molar-refractivity contribution in [3.63, 3.8) is 0 Å². The first-order chi connectivity index (χ1) is 11.3. The summed E-state index contributed by atoms with van der Waals surface area (Å²) in [5.74, 6) is 0.262. The number of carbonyl (C=O) groups is 1. The molecule has 0 aliphatic carbocycles. The maximum Gasteiger partial charge on any atom is 0.271 e. The molecule has 0 fully saturated rings. The Morgan fingerprint density at radius 3 is 2.38 bits per heavy atom. The van der Waals surface area contributed by atoms with Crippen molar-refractivity contribution in [1.29, 1.82) is 0 Å². The molecule has 0 aliphatic rings. The van der Waals surface area contributed by atoms with Gasteiger partial charge in [0, 0.05) is 17.2 Å². The van der Waals surface area contributed by atoms with E-state index in [2.05, 4.69) is 31.7 Å². The molecule has 6 heteroatoms. The van der Waals surface area contributed by atoms with Gasteiger partial charge in [0.25, 0.3) is 5.91 Å². The minimum atomic E-state index is -0.313. The molecule has 0 aromatic heterocycles. The molecule has 6 nitrogen and oxygen atoms in total. The number of amides is 1. The Bertz CT molecular complexity index is 747. The summed E-state index contributed by atoms with van der Waals surface area (Å²) in [5.41, 5.74) is 4.54. The average Bonchev–Trinajstić information content (AvgIpc) is 2.55. The van der Waals surface area contributed by atoms with Gasteiger partial charge in [-0.15, -0.1) is 0 Å². The molecule has 0 saturated carbocycles. The number of carbonyl (C=O) groups excluding carboxylic acids is 1. The van der Waals surface area contributed by atoms with Crippen molar-refractivity contribution < 1.29 is 14.6 Å².